The third kappa shape index (κ3) is 3.71. The largest absolute Gasteiger partial charge is 0.325 e. The average molecular weight is 431 g/mol. The number of amides is 4. The topological polar surface area (TPSA) is 122 Å². The summed E-state index contributed by atoms with van der Waals surface area (Å²) < 4.78 is 0. The highest BCUT2D eigenvalue weighted by atomic mass is 35.5. The van der Waals surface area contributed by atoms with Gasteiger partial charge in [0.2, 0.25) is 5.91 Å². The number of nitrogens with one attached hydrogen (secondary N) is 2. The number of nitro groups is 1. The highest BCUT2D eigenvalue weighted by Gasteiger charge is 2.51. The fourth-order valence-electron chi connectivity index (χ4n) is 3.43. The van der Waals surface area contributed by atoms with Gasteiger partial charge in [-0.3, -0.25) is 24.6 Å². The highest BCUT2D eigenvalue weighted by molar-refractivity contribution is 6.30. The van der Waals surface area contributed by atoms with Crippen LogP contribution >= 0.6 is 11.6 Å². The van der Waals surface area contributed by atoms with Gasteiger partial charge in [-0.1, -0.05) is 36.7 Å². The summed E-state index contributed by atoms with van der Waals surface area (Å²) in [5, 5.41) is 16.8. The van der Waals surface area contributed by atoms with Gasteiger partial charge in [0.25, 0.3) is 11.6 Å². The van der Waals surface area contributed by atoms with E-state index < -0.39 is 34.9 Å². The van der Waals surface area contributed by atoms with E-state index in [1.54, 1.807) is 31.2 Å². The molecular formula is C20H19ClN4O5. The van der Waals surface area contributed by atoms with Crippen molar-refractivity contribution in [2.75, 3.05) is 11.9 Å². The maximum absolute atomic E-state index is 13.1. The molecule has 0 aliphatic carbocycles. The van der Waals surface area contributed by atoms with Crippen molar-refractivity contribution in [1.82, 2.24) is 10.2 Å². The Morgan fingerprint density at radius 3 is 2.50 bits per heavy atom. The molecule has 2 aromatic rings. The molecule has 0 aromatic heterocycles. The van der Waals surface area contributed by atoms with E-state index in [1.807, 2.05) is 0 Å². The summed E-state index contributed by atoms with van der Waals surface area (Å²) in [6, 6.07) is 10.1. The first-order valence-corrected chi connectivity index (χ1v) is 9.51. The lowest BCUT2D eigenvalue weighted by Gasteiger charge is -2.25. The van der Waals surface area contributed by atoms with Crippen molar-refractivity contribution in [3.8, 4) is 0 Å². The minimum absolute atomic E-state index is 0.143. The molecule has 1 heterocycles. The summed E-state index contributed by atoms with van der Waals surface area (Å²) >= 11 is 5.91. The van der Waals surface area contributed by atoms with Crippen LogP contribution < -0.4 is 10.6 Å². The second kappa shape index (κ2) is 8.11. The van der Waals surface area contributed by atoms with Crippen LogP contribution in [0.1, 0.15) is 24.5 Å². The van der Waals surface area contributed by atoms with Crippen molar-refractivity contribution in [1.29, 1.82) is 0 Å². The third-order valence-corrected chi connectivity index (χ3v) is 5.37. The summed E-state index contributed by atoms with van der Waals surface area (Å²) in [6.45, 7) is 2.73. The van der Waals surface area contributed by atoms with Crippen LogP contribution in [0.15, 0.2) is 42.5 Å². The zero-order chi connectivity index (χ0) is 22.1. The monoisotopic (exact) mass is 430 g/mol. The van der Waals surface area contributed by atoms with Gasteiger partial charge in [-0.25, -0.2) is 4.79 Å². The lowest BCUT2D eigenvalue weighted by molar-refractivity contribution is -0.385. The van der Waals surface area contributed by atoms with E-state index >= 15 is 0 Å². The summed E-state index contributed by atoms with van der Waals surface area (Å²) in [5.41, 5.74) is -0.359. The minimum atomic E-state index is -1.29. The van der Waals surface area contributed by atoms with E-state index in [0.717, 1.165) is 4.90 Å². The number of nitrogens with zero attached hydrogens (tertiary/aromatic N) is 2. The van der Waals surface area contributed by atoms with E-state index in [4.69, 9.17) is 11.6 Å². The van der Waals surface area contributed by atoms with E-state index in [9.17, 15) is 24.5 Å². The maximum atomic E-state index is 13.1. The van der Waals surface area contributed by atoms with Crippen molar-refractivity contribution < 1.29 is 19.3 Å². The first-order valence-electron chi connectivity index (χ1n) is 9.13. The Balaban J connectivity index is 1.80. The Kier molecular flexibility index (Phi) is 5.75. The molecule has 0 saturated carbocycles. The average Bonchev–Trinajstić information content (AvgIpc) is 2.95. The van der Waals surface area contributed by atoms with E-state index in [2.05, 4.69) is 10.6 Å². The molecule has 0 radical (unpaired) electrons. The number of nitro benzene ring substituents is 1. The van der Waals surface area contributed by atoms with Crippen LogP contribution in [0, 0.1) is 17.0 Å². The fourth-order valence-corrected chi connectivity index (χ4v) is 3.56. The Morgan fingerprint density at radius 2 is 1.90 bits per heavy atom. The molecule has 2 N–H and O–H groups in total. The zero-order valence-corrected chi connectivity index (χ0v) is 17.0. The molecule has 1 aliphatic rings. The first-order chi connectivity index (χ1) is 14.2. The van der Waals surface area contributed by atoms with Gasteiger partial charge >= 0.3 is 6.03 Å². The zero-order valence-electron chi connectivity index (χ0n) is 16.3. The van der Waals surface area contributed by atoms with Crippen LogP contribution in [0.3, 0.4) is 0 Å². The number of halogens is 1. The van der Waals surface area contributed by atoms with Gasteiger partial charge in [-0.05, 0) is 37.1 Å². The van der Waals surface area contributed by atoms with Crippen LogP contribution in [-0.4, -0.2) is 34.2 Å². The molecule has 9 nitrogen and oxygen atoms in total. The molecule has 0 spiro atoms. The van der Waals surface area contributed by atoms with Crippen molar-refractivity contribution in [2.24, 2.45) is 0 Å². The molecule has 3 rings (SSSR count). The van der Waals surface area contributed by atoms with Gasteiger partial charge in [-0.2, -0.15) is 0 Å². The summed E-state index contributed by atoms with van der Waals surface area (Å²) in [7, 11) is 0. The number of imide groups is 1. The van der Waals surface area contributed by atoms with Crippen molar-refractivity contribution in [2.45, 2.75) is 25.8 Å². The molecule has 156 valence electrons. The number of carbonyl (C=O) groups excluding carboxylic acids is 3. The first kappa shape index (κ1) is 21.3. The van der Waals surface area contributed by atoms with Gasteiger partial charge in [0.05, 0.1) is 16.2 Å². The molecule has 1 aliphatic heterocycles. The molecule has 30 heavy (non-hydrogen) atoms. The molecule has 10 heteroatoms. The smallest absolute Gasteiger partial charge is 0.324 e. The predicted octanol–water partition coefficient (Wildman–Crippen LogP) is 3.35. The molecule has 0 bridgehead atoms. The second-order valence-corrected chi connectivity index (χ2v) is 7.28. The number of carbonyl (C=O) groups is 3. The molecule has 1 atom stereocenters. The number of urea groups is 1. The van der Waals surface area contributed by atoms with E-state index in [1.165, 1.54) is 25.1 Å². The van der Waals surface area contributed by atoms with Crippen molar-refractivity contribution in [3.63, 3.8) is 0 Å². The standard InChI is InChI=1S/C20H19ClN4O5/c1-3-20(13-7-9-14(21)10-8-13)18(27)24(19(28)23-20)11-17(26)22-15-5-4-6-16(12(15)2)25(29)30/h4-10H,3,11H2,1-2H3,(H,22,26)(H,23,28). The van der Waals surface area contributed by atoms with Gasteiger partial charge in [0.1, 0.15) is 12.1 Å². The molecule has 1 unspecified atom stereocenters. The van der Waals surface area contributed by atoms with Crippen LogP contribution in [0.5, 0.6) is 0 Å². The Bertz CT molecular complexity index is 1040. The van der Waals surface area contributed by atoms with E-state index in [0.29, 0.717) is 10.6 Å². The predicted molar refractivity (Wildman–Crippen MR) is 110 cm³/mol. The number of benzene rings is 2. The SMILES string of the molecule is CCC1(c2ccc(Cl)cc2)NC(=O)N(CC(=O)Nc2cccc([N+](=O)[O-])c2C)C1=O. The van der Waals surface area contributed by atoms with E-state index in [-0.39, 0.29) is 23.4 Å². The maximum Gasteiger partial charge on any atom is 0.325 e. The summed E-state index contributed by atoms with van der Waals surface area (Å²) in [6.07, 6.45) is 0.279. The third-order valence-electron chi connectivity index (χ3n) is 5.12. The lowest BCUT2D eigenvalue weighted by Crippen LogP contribution is -2.44. The number of hydrogen-bond donors (Lipinski definition) is 2. The van der Waals surface area contributed by atoms with Gasteiger partial charge in [-0.15, -0.1) is 0 Å². The quantitative estimate of drug-likeness (QED) is 0.413. The van der Waals surface area contributed by atoms with Crippen molar-refractivity contribution in [3.05, 3.63) is 68.7 Å². The normalized spacial score (nSPS) is 18.3. The highest BCUT2D eigenvalue weighted by Crippen LogP contribution is 2.33. The van der Waals surface area contributed by atoms with Gasteiger partial charge in [0, 0.05) is 11.1 Å². The molecule has 2 aromatic carbocycles. The molecular weight excluding hydrogens is 412 g/mol. The molecule has 1 saturated heterocycles. The van der Waals surface area contributed by atoms with Crippen molar-refractivity contribution >= 4 is 40.8 Å². The Labute approximate surface area is 177 Å². The second-order valence-electron chi connectivity index (χ2n) is 6.84. The Hall–Kier alpha value is -3.46. The van der Waals surface area contributed by atoms with Gasteiger partial charge < -0.3 is 10.6 Å². The van der Waals surface area contributed by atoms with Gasteiger partial charge in [0.15, 0.2) is 0 Å². The lowest BCUT2D eigenvalue weighted by atomic mass is 9.87. The molecule has 4 amide bonds. The number of rotatable bonds is 6. The fraction of sp³-hybridized carbons (Fsp3) is 0.250. The minimum Gasteiger partial charge on any atom is -0.324 e. The van der Waals surface area contributed by atoms with Crippen LogP contribution in [0.2, 0.25) is 5.02 Å². The summed E-state index contributed by atoms with van der Waals surface area (Å²) in [5.74, 6) is -1.20. The van der Waals surface area contributed by atoms with Crippen LogP contribution in [0.25, 0.3) is 0 Å². The number of anilines is 1. The molecule has 1 fully saturated rings. The summed E-state index contributed by atoms with van der Waals surface area (Å²) in [4.78, 5) is 49.4. The van der Waals surface area contributed by atoms with Crippen LogP contribution in [-0.2, 0) is 15.1 Å². The van der Waals surface area contributed by atoms with Crippen LogP contribution in [0.4, 0.5) is 16.2 Å². The number of hydrogen-bond acceptors (Lipinski definition) is 5. The Morgan fingerprint density at radius 1 is 1.23 bits per heavy atom.